The van der Waals surface area contributed by atoms with Crippen molar-refractivity contribution in [2.45, 2.75) is 12.2 Å². The minimum Gasteiger partial charge on any atom is -0.212 e. The number of hydrogen-bond acceptors (Lipinski definition) is 2. The van der Waals surface area contributed by atoms with Gasteiger partial charge in [-0.3, -0.25) is 0 Å². The van der Waals surface area contributed by atoms with Crippen LogP contribution in [0.15, 0.2) is 18.2 Å². The van der Waals surface area contributed by atoms with Crippen LogP contribution in [0.3, 0.4) is 0 Å². The molecule has 1 atom stereocenters. The maximum Gasteiger partial charge on any atom is 0.239 e. The van der Waals surface area contributed by atoms with Crippen LogP contribution in [0.2, 0.25) is 0 Å². The topological polar surface area (TPSA) is 34.1 Å². The quantitative estimate of drug-likeness (QED) is 0.745. The summed E-state index contributed by atoms with van der Waals surface area (Å²) in [4.78, 5) is 0. The van der Waals surface area contributed by atoms with Gasteiger partial charge in [0.15, 0.2) is 11.6 Å². The highest BCUT2D eigenvalue weighted by Crippen LogP contribution is 2.27. The molecule has 0 fully saturated rings. The lowest BCUT2D eigenvalue weighted by atomic mass is 10.1. The minimum atomic E-state index is -3.93. The van der Waals surface area contributed by atoms with Crippen LogP contribution in [0.1, 0.15) is 17.7 Å². The lowest BCUT2D eigenvalue weighted by molar-refractivity contribution is 0.497. The highest BCUT2D eigenvalue weighted by molar-refractivity contribution is 8.13. The van der Waals surface area contributed by atoms with Crippen molar-refractivity contribution in [3.05, 3.63) is 35.4 Å². The van der Waals surface area contributed by atoms with Crippen molar-refractivity contribution in [3.8, 4) is 0 Å². The van der Waals surface area contributed by atoms with Crippen LogP contribution in [0.4, 0.5) is 8.78 Å². The molecule has 0 saturated heterocycles. The molecule has 78 valence electrons. The average Bonchev–Trinajstić information content (AvgIpc) is 2.07. The van der Waals surface area contributed by atoms with Gasteiger partial charge in [0.05, 0.1) is 0 Å². The number of benzene rings is 1. The molecular weight excluding hydrogens is 234 g/mol. The van der Waals surface area contributed by atoms with E-state index in [1.54, 1.807) is 0 Å². The summed E-state index contributed by atoms with van der Waals surface area (Å²) in [6.07, 6.45) is 0. The molecule has 0 aliphatic heterocycles. The van der Waals surface area contributed by atoms with Gasteiger partial charge in [0.25, 0.3) is 0 Å². The third-order valence-electron chi connectivity index (χ3n) is 1.84. The molecule has 1 rings (SSSR count). The van der Waals surface area contributed by atoms with Crippen LogP contribution < -0.4 is 0 Å². The van der Waals surface area contributed by atoms with Gasteiger partial charge < -0.3 is 0 Å². The normalized spacial score (nSPS) is 14.0. The van der Waals surface area contributed by atoms with E-state index in [1.165, 1.54) is 19.1 Å². The Morgan fingerprint density at radius 3 is 2.43 bits per heavy atom. The van der Waals surface area contributed by atoms with Gasteiger partial charge in [-0.1, -0.05) is 12.1 Å². The van der Waals surface area contributed by atoms with Gasteiger partial charge in [-0.05, 0) is 13.0 Å². The van der Waals surface area contributed by atoms with Gasteiger partial charge in [-0.15, -0.1) is 0 Å². The Hall–Kier alpha value is -0.680. The highest BCUT2D eigenvalue weighted by atomic mass is 35.7. The Balaban J connectivity index is 3.28. The molecule has 0 N–H and O–H groups in total. The summed E-state index contributed by atoms with van der Waals surface area (Å²) < 4.78 is 47.5. The zero-order valence-corrected chi connectivity index (χ0v) is 8.74. The lowest BCUT2D eigenvalue weighted by Gasteiger charge is -2.08. The lowest BCUT2D eigenvalue weighted by Crippen LogP contribution is -2.06. The second-order valence-electron chi connectivity index (χ2n) is 2.76. The van der Waals surface area contributed by atoms with Crippen molar-refractivity contribution in [2.24, 2.45) is 0 Å². The number of halogens is 3. The molecule has 0 amide bonds. The molecule has 2 nitrogen and oxygen atoms in total. The van der Waals surface area contributed by atoms with Crippen LogP contribution in [-0.4, -0.2) is 8.42 Å². The summed E-state index contributed by atoms with van der Waals surface area (Å²) in [6.45, 7) is 1.19. The predicted octanol–water partition coefficient (Wildman–Crippen LogP) is 2.59. The monoisotopic (exact) mass is 240 g/mol. The molecule has 0 spiro atoms. The molecule has 1 aromatic carbocycles. The van der Waals surface area contributed by atoms with E-state index in [1.807, 2.05) is 0 Å². The van der Waals surface area contributed by atoms with Crippen molar-refractivity contribution >= 4 is 19.7 Å². The standard InChI is InChI=1S/C8H7ClF2O2S/c1-5(14(9,12)13)6-3-2-4-7(10)8(6)11/h2-5H,1H3. The maximum absolute atomic E-state index is 13.1. The van der Waals surface area contributed by atoms with Gasteiger partial charge in [-0.25, -0.2) is 17.2 Å². The molecule has 1 unspecified atom stereocenters. The van der Waals surface area contributed by atoms with E-state index in [4.69, 9.17) is 10.7 Å². The van der Waals surface area contributed by atoms with Crippen LogP contribution >= 0.6 is 10.7 Å². The van der Waals surface area contributed by atoms with Gasteiger partial charge in [0, 0.05) is 16.2 Å². The Morgan fingerprint density at radius 2 is 1.93 bits per heavy atom. The molecule has 0 heterocycles. The van der Waals surface area contributed by atoms with Gasteiger partial charge in [0.2, 0.25) is 9.05 Å². The molecule has 6 heteroatoms. The number of hydrogen-bond donors (Lipinski definition) is 0. The van der Waals surface area contributed by atoms with E-state index in [9.17, 15) is 17.2 Å². The predicted molar refractivity (Wildman–Crippen MR) is 49.5 cm³/mol. The Kier molecular flexibility index (Phi) is 3.11. The van der Waals surface area contributed by atoms with Gasteiger partial charge in [-0.2, -0.15) is 0 Å². The molecule has 14 heavy (non-hydrogen) atoms. The Bertz CT molecular complexity index is 445. The number of rotatable bonds is 2. The van der Waals surface area contributed by atoms with Crippen LogP contribution in [-0.2, 0) is 9.05 Å². The summed E-state index contributed by atoms with van der Waals surface area (Å²) in [5.41, 5.74) is -0.264. The first-order valence-electron chi connectivity index (χ1n) is 3.71. The molecule has 0 aromatic heterocycles. The van der Waals surface area contributed by atoms with Crippen molar-refractivity contribution in [1.29, 1.82) is 0 Å². The fourth-order valence-electron chi connectivity index (χ4n) is 0.986. The van der Waals surface area contributed by atoms with Crippen LogP contribution in [0.5, 0.6) is 0 Å². The van der Waals surface area contributed by atoms with Crippen molar-refractivity contribution < 1.29 is 17.2 Å². The second kappa shape index (κ2) is 3.82. The molecule has 0 saturated carbocycles. The molecule has 0 aliphatic carbocycles. The zero-order chi connectivity index (χ0) is 10.9. The van der Waals surface area contributed by atoms with E-state index in [2.05, 4.69) is 0 Å². The third-order valence-corrected chi connectivity index (χ3v) is 3.74. The Morgan fingerprint density at radius 1 is 1.36 bits per heavy atom. The summed E-state index contributed by atoms with van der Waals surface area (Å²) in [5, 5.41) is -1.26. The molecular formula is C8H7ClF2O2S. The summed E-state index contributed by atoms with van der Waals surface area (Å²) in [5.74, 6) is -2.26. The average molecular weight is 241 g/mol. The van der Waals surface area contributed by atoms with E-state index >= 15 is 0 Å². The maximum atomic E-state index is 13.1. The van der Waals surface area contributed by atoms with Crippen LogP contribution in [0, 0.1) is 11.6 Å². The molecule has 0 aliphatic rings. The first kappa shape index (κ1) is 11.4. The van der Waals surface area contributed by atoms with E-state index in [0.29, 0.717) is 0 Å². The first-order valence-corrected chi connectivity index (χ1v) is 6.08. The highest BCUT2D eigenvalue weighted by Gasteiger charge is 2.24. The van der Waals surface area contributed by atoms with E-state index in [0.717, 1.165) is 6.07 Å². The first-order chi connectivity index (χ1) is 6.34. The minimum absolute atomic E-state index is 0.264. The largest absolute Gasteiger partial charge is 0.239 e. The smallest absolute Gasteiger partial charge is 0.212 e. The van der Waals surface area contributed by atoms with Crippen molar-refractivity contribution in [1.82, 2.24) is 0 Å². The Labute approximate surface area is 84.9 Å². The van der Waals surface area contributed by atoms with E-state index < -0.39 is 25.9 Å². The SMILES string of the molecule is CC(c1cccc(F)c1F)S(=O)(=O)Cl. The zero-order valence-electron chi connectivity index (χ0n) is 7.17. The van der Waals surface area contributed by atoms with Gasteiger partial charge >= 0.3 is 0 Å². The van der Waals surface area contributed by atoms with Crippen LogP contribution in [0.25, 0.3) is 0 Å². The summed E-state index contributed by atoms with van der Waals surface area (Å²) in [6, 6.07) is 3.32. The van der Waals surface area contributed by atoms with Crippen molar-refractivity contribution in [2.75, 3.05) is 0 Å². The molecule has 1 aromatic rings. The molecule has 0 bridgehead atoms. The fourth-order valence-corrected chi connectivity index (χ4v) is 1.76. The summed E-state index contributed by atoms with van der Waals surface area (Å²) in [7, 11) is 1.10. The fraction of sp³-hybridized carbons (Fsp3) is 0.250. The van der Waals surface area contributed by atoms with E-state index in [-0.39, 0.29) is 5.56 Å². The van der Waals surface area contributed by atoms with Gasteiger partial charge in [0.1, 0.15) is 5.25 Å². The van der Waals surface area contributed by atoms with Crippen molar-refractivity contribution in [3.63, 3.8) is 0 Å². The summed E-state index contributed by atoms with van der Waals surface area (Å²) >= 11 is 0. The molecule has 0 radical (unpaired) electrons. The third kappa shape index (κ3) is 2.22. The second-order valence-corrected chi connectivity index (χ2v) is 5.71.